The van der Waals surface area contributed by atoms with Gasteiger partial charge in [0.2, 0.25) is 0 Å². The van der Waals surface area contributed by atoms with Crippen LogP contribution in [0.4, 0.5) is 13.2 Å². The summed E-state index contributed by atoms with van der Waals surface area (Å²) in [4.78, 5) is 14.0. The van der Waals surface area contributed by atoms with Crippen molar-refractivity contribution in [3.63, 3.8) is 0 Å². The molecule has 1 aliphatic carbocycles. The van der Waals surface area contributed by atoms with E-state index < -0.39 is 17.7 Å². The minimum Gasteiger partial charge on any atom is -0.490 e. The fourth-order valence-electron chi connectivity index (χ4n) is 7.05. The topological polar surface area (TPSA) is 49.8 Å². The number of halogens is 3. The van der Waals surface area contributed by atoms with Gasteiger partial charge in [-0.2, -0.15) is 13.2 Å². The van der Waals surface area contributed by atoms with E-state index in [0.717, 1.165) is 69.9 Å². The van der Waals surface area contributed by atoms with E-state index in [1.54, 1.807) is 12.1 Å². The van der Waals surface area contributed by atoms with Crippen LogP contribution < -0.4 is 4.74 Å². The number of nitrogens with zero attached hydrogens (tertiary/aromatic N) is 1. The molecule has 3 aliphatic rings. The van der Waals surface area contributed by atoms with Crippen LogP contribution >= 0.6 is 0 Å². The molecule has 1 N–H and O–H groups in total. The molecule has 0 spiro atoms. The van der Waals surface area contributed by atoms with E-state index in [4.69, 9.17) is 4.74 Å². The summed E-state index contributed by atoms with van der Waals surface area (Å²) >= 11 is 0. The Labute approximate surface area is 217 Å². The van der Waals surface area contributed by atoms with Crippen molar-refractivity contribution in [2.45, 2.75) is 102 Å². The standard InChI is InChI=1S/C30H38F3NO3/c1-2-19-6-10-25(11-7-19)37-27-13-9-21-16-20(8-12-26(21)28(27)30(31,32)33)14-15-34-23-4-3-5-24(34)18-22(17-23)29(35)36/h8-9,12-13,16,19,22-25H,2-7,10-11,14-15,17-18H2,1H3,(H,35,36)/t19?,22?,23-,24?,25?/m0/s1. The molecule has 37 heavy (non-hydrogen) atoms. The number of carboxylic acid groups (broad SMARTS) is 1. The highest BCUT2D eigenvalue weighted by Gasteiger charge is 2.40. The zero-order valence-electron chi connectivity index (χ0n) is 21.6. The molecule has 2 unspecified atom stereocenters. The van der Waals surface area contributed by atoms with Crippen molar-refractivity contribution in [3.8, 4) is 5.75 Å². The van der Waals surface area contributed by atoms with Gasteiger partial charge < -0.3 is 9.84 Å². The summed E-state index contributed by atoms with van der Waals surface area (Å²) in [5.74, 6) is -0.350. The number of rotatable bonds is 7. The number of hydrogen-bond acceptors (Lipinski definition) is 3. The second-order valence-corrected chi connectivity index (χ2v) is 11.4. The molecule has 2 saturated heterocycles. The van der Waals surface area contributed by atoms with Gasteiger partial charge in [0.1, 0.15) is 11.3 Å². The van der Waals surface area contributed by atoms with E-state index in [-0.39, 0.29) is 35.2 Å². The first-order valence-corrected chi connectivity index (χ1v) is 14.0. The number of carbonyl (C=O) groups is 1. The van der Waals surface area contributed by atoms with Crippen LogP contribution in [0.5, 0.6) is 5.75 Å². The first kappa shape index (κ1) is 26.3. The smallest absolute Gasteiger partial charge is 0.420 e. The first-order valence-electron chi connectivity index (χ1n) is 14.0. The quantitative estimate of drug-likeness (QED) is 0.414. The number of benzene rings is 2. The lowest BCUT2D eigenvalue weighted by molar-refractivity contribution is -0.146. The summed E-state index contributed by atoms with van der Waals surface area (Å²) in [6.45, 7) is 2.97. The SMILES string of the molecule is CCC1CCC(Oc2ccc3cc(CCN4C5CCC[C@H]4CC(C(=O)O)C5)ccc3c2C(F)(F)F)CC1. The number of alkyl halides is 3. The summed E-state index contributed by atoms with van der Waals surface area (Å²) < 4.78 is 48.7. The normalized spacial score (nSPS) is 28.8. The van der Waals surface area contributed by atoms with E-state index in [1.807, 2.05) is 12.1 Å². The second-order valence-electron chi connectivity index (χ2n) is 11.4. The summed E-state index contributed by atoms with van der Waals surface area (Å²) in [5.41, 5.74) is 0.338. The van der Waals surface area contributed by atoms with Crippen molar-refractivity contribution in [2.75, 3.05) is 6.54 Å². The maximum atomic E-state index is 14.2. The van der Waals surface area contributed by atoms with E-state index in [1.165, 1.54) is 6.07 Å². The van der Waals surface area contributed by atoms with Gasteiger partial charge in [0.05, 0.1) is 12.0 Å². The van der Waals surface area contributed by atoms with Crippen LogP contribution in [0.1, 0.15) is 82.3 Å². The Balaban J connectivity index is 1.32. The Morgan fingerprint density at radius 3 is 2.35 bits per heavy atom. The predicted octanol–water partition coefficient (Wildman–Crippen LogP) is 7.47. The number of fused-ring (bicyclic) bond motifs is 3. The third kappa shape index (κ3) is 5.76. The van der Waals surface area contributed by atoms with Crippen molar-refractivity contribution < 1.29 is 27.8 Å². The third-order valence-electron chi connectivity index (χ3n) is 9.13. The van der Waals surface area contributed by atoms with Gasteiger partial charge in [-0.3, -0.25) is 9.69 Å². The van der Waals surface area contributed by atoms with E-state index in [2.05, 4.69) is 11.8 Å². The minimum absolute atomic E-state index is 0.0539. The maximum absolute atomic E-state index is 14.2. The molecule has 2 aromatic carbocycles. The molecule has 202 valence electrons. The van der Waals surface area contributed by atoms with E-state index in [9.17, 15) is 23.1 Å². The van der Waals surface area contributed by atoms with Crippen LogP contribution in [-0.2, 0) is 17.4 Å². The number of hydrogen-bond donors (Lipinski definition) is 1. The molecule has 0 radical (unpaired) electrons. The Kier molecular flexibility index (Phi) is 7.71. The van der Waals surface area contributed by atoms with Crippen LogP contribution in [0.25, 0.3) is 10.8 Å². The largest absolute Gasteiger partial charge is 0.490 e. The van der Waals surface area contributed by atoms with Crippen molar-refractivity contribution >= 4 is 16.7 Å². The molecule has 4 nitrogen and oxygen atoms in total. The number of carboxylic acids is 1. The van der Waals surface area contributed by atoms with Crippen LogP contribution in [0.15, 0.2) is 30.3 Å². The van der Waals surface area contributed by atoms with Crippen LogP contribution in [-0.4, -0.2) is 40.7 Å². The molecule has 0 aromatic heterocycles. The second kappa shape index (κ2) is 10.8. The van der Waals surface area contributed by atoms with Crippen LogP contribution in [0.3, 0.4) is 0 Å². The van der Waals surface area contributed by atoms with Gasteiger partial charge in [0, 0.05) is 18.6 Å². The van der Waals surface area contributed by atoms with Gasteiger partial charge in [-0.1, -0.05) is 44.0 Å². The zero-order chi connectivity index (χ0) is 26.2. The summed E-state index contributed by atoms with van der Waals surface area (Å²) in [7, 11) is 0. The van der Waals surface area contributed by atoms with Gasteiger partial charge in [0.25, 0.3) is 0 Å². The van der Waals surface area contributed by atoms with Crippen molar-refractivity contribution in [1.82, 2.24) is 4.90 Å². The van der Waals surface area contributed by atoms with Crippen molar-refractivity contribution in [2.24, 2.45) is 11.8 Å². The Morgan fingerprint density at radius 2 is 1.73 bits per heavy atom. The number of piperidine rings is 2. The van der Waals surface area contributed by atoms with Crippen LogP contribution in [0.2, 0.25) is 0 Å². The fourth-order valence-corrected chi connectivity index (χ4v) is 7.05. The highest BCUT2D eigenvalue weighted by atomic mass is 19.4. The Morgan fingerprint density at radius 1 is 1.03 bits per heavy atom. The average Bonchev–Trinajstić information content (AvgIpc) is 2.86. The lowest BCUT2D eigenvalue weighted by Gasteiger charge is -2.48. The van der Waals surface area contributed by atoms with Gasteiger partial charge in [-0.05, 0) is 86.1 Å². The number of ether oxygens (including phenoxy) is 1. The van der Waals surface area contributed by atoms with Crippen molar-refractivity contribution in [1.29, 1.82) is 0 Å². The lowest BCUT2D eigenvalue weighted by Crippen LogP contribution is -2.53. The molecule has 1 saturated carbocycles. The lowest BCUT2D eigenvalue weighted by atomic mass is 9.78. The molecule has 2 heterocycles. The number of aliphatic carboxylic acids is 1. The summed E-state index contributed by atoms with van der Waals surface area (Å²) in [6, 6.07) is 9.13. The first-order chi connectivity index (χ1) is 17.7. The van der Waals surface area contributed by atoms with Gasteiger partial charge >= 0.3 is 12.1 Å². The highest BCUT2D eigenvalue weighted by molar-refractivity contribution is 5.89. The summed E-state index contributed by atoms with van der Waals surface area (Å²) in [6.07, 6.45) is 5.39. The monoisotopic (exact) mass is 517 g/mol. The molecule has 5 rings (SSSR count). The van der Waals surface area contributed by atoms with E-state index >= 15 is 0 Å². The van der Waals surface area contributed by atoms with Gasteiger partial charge in [-0.25, -0.2) is 0 Å². The zero-order valence-corrected chi connectivity index (χ0v) is 21.6. The van der Waals surface area contributed by atoms with Gasteiger partial charge in [-0.15, -0.1) is 0 Å². The van der Waals surface area contributed by atoms with Gasteiger partial charge in [0.15, 0.2) is 0 Å². The Bertz CT molecular complexity index is 1100. The molecular formula is C30H38F3NO3. The molecule has 2 bridgehead atoms. The third-order valence-corrected chi connectivity index (χ3v) is 9.13. The maximum Gasteiger partial charge on any atom is 0.420 e. The molecule has 3 atom stereocenters. The van der Waals surface area contributed by atoms with Crippen molar-refractivity contribution in [3.05, 3.63) is 41.5 Å². The highest BCUT2D eigenvalue weighted by Crippen LogP contribution is 2.43. The predicted molar refractivity (Wildman–Crippen MR) is 138 cm³/mol. The fraction of sp³-hybridized carbons (Fsp3) is 0.633. The molecule has 2 aromatic rings. The summed E-state index contributed by atoms with van der Waals surface area (Å²) in [5, 5.41) is 10.3. The molecule has 7 heteroatoms. The average molecular weight is 518 g/mol. The van der Waals surface area contributed by atoms with Crippen LogP contribution in [0, 0.1) is 11.8 Å². The molecule has 0 amide bonds. The van der Waals surface area contributed by atoms with E-state index in [0.29, 0.717) is 24.1 Å². The molecule has 2 aliphatic heterocycles. The molecule has 3 fully saturated rings. The Hall–Kier alpha value is -2.28. The minimum atomic E-state index is -4.50. The molecular weight excluding hydrogens is 479 g/mol.